The molecule has 0 radical (unpaired) electrons. The summed E-state index contributed by atoms with van der Waals surface area (Å²) < 4.78 is 20.6. The second-order valence-electron chi connectivity index (χ2n) is 8.60. The number of carbonyl (C=O) groups is 1. The molecule has 10 heteroatoms. The van der Waals surface area contributed by atoms with Crippen molar-refractivity contribution in [2.45, 2.75) is 38.0 Å². The molecule has 180 valence electrons. The van der Waals surface area contributed by atoms with Crippen LogP contribution in [0, 0.1) is 5.82 Å². The normalized spacial score (nSPS) is 17.6. The highest BCUT2D eigenvalue weighted by Gasteiger charge is 2.28. The van der Waals surface area contributed by atoms with Crippen LogP contribution in [0.4, 0.5) is 10.2 Å². The third-order valence-electron chi connectivity index (χ3n) is 6.33. The Labute approximate surface area is 200 Å². The molecule has 2 heterocycles. The minimum absolute atomic E-state index is 0.0462. The van der Waals surface area contributed by atoms with Crippen LogP contribution < -0.4 is 15.8 Å². The molecule has 1 aliphatic carbocycles. The van der Waals surface area contributed by atoms with Crippen LogP contribution in [0.3, 0.4) is 0 Å². The molecule has 2 aromatic heterocycles. The number of benzene rings is 2. The van der Waals surface area contributed by atoms with E-state index in [0.29, 0.717) is 34.7 Å². The number of aliphatic hydroxyl groups excluding tert-OH is 1. The van der Waals surface area contributed by atoms with Crippen molar-refractivity contribution < 1.29 is 19.0 Å². The van der Waals surface area contributed by atoms with Gasteiger partial charge >= 0.3 is 0 Å². The Kier molecular flexibility index (Phi) is 6.04. The number of rotatable bonds is 6. The minimum atomic E-state index is -0.512. The van der Waals surface area contributed by atoms with Gasteiger partial charge in [-0.15, -0.1) is 0 Å². The highest BCUT2D eigenvalue weighted by atomic mass is 19.1. The third-order valence-corrected chi connectivity index (χ3v) is 6.33. The van der Waals surface area contributed by atoms with E-state index in [-0.39, 0.29) is 24.3 Å². The standard InChI is InChI=1S/C25H25FN6O3/c1-35-20-9-6-16(26)10-19(20)25(34)28-12-14-2-4-15(5-3-14)22-21-23(27)29-13-30-24(21)32(31-22)17-7-8-18(33)11-17/h2-6,9-10,13,17-18,33H,7-8,11-12H2,1H3,(H,28,34)(H2,27,29,30)/t17-,18-/m1/s1. The van der Waals surface area contributed by atoms with E-state index < -0.39 is 11.7 Å². The molecule has 0 spiro atoms. The van der Waals surface area contributed by atoms with Crippen molar-refractivity contribution in [3.63, 3.8) is 0 Å². The summed E-state index contributed by atoms with van der Waals surface area (Å²) in [7, 11) is 1.43. The lowest BCUT2D eigenvalue weighted by Gasteiger charge is -2.10. The number of fused-ring (bicyclic) bond motifs is 1. The van der Waals surface area contributed by atoms with E-state index in [4.69, 9.17) is 15.6 Å². The predicted molar refractivity (Wildman–Crippen MR) is 128 cm³/mol. The molecule has 4 N–H and O–H groups in total. The molecule has 0 aliphatic heterocycles. The first-order valence-corrected chi connectivity index (χ1v) is 11.3. The zero-order chi connectivity index (χ0) is 24.5. The summed E-state index contributed by atoms with van der Waals surface area (Å²) in [5, 5.41) is 18.3. The van der Waals surface area contributed by atoms with Gasteiger partial charge in [0.2, 0.25) is 0 Å². The van der Waals surface area contributed by atoms with Crippen LogP contribution in [-0.2, 0) is 6.54 Å². The Hall–Kier alpha value is -4.05. The molecule has 2 aromatic carbocycles. The van der Waals surface area contributed by atoms with Gasteiger partial charge in [-0.1, -0.05) is 24.3 Å². The summed E-state index contributed by atoms with van der Waals surface area (Å²) >= 11 is 0. The van der Waals surface area contributed by atoms with Gasteiger partial charge in [0.05, 0.1) is 30.2 Å². The average molecular weight is 477 g/mol. The summed E-state index contributed by atoms with van der Waals surface area (Å²) in [6, 6.07) is 11.4. The SMILES string of the molecule is COc1ccc(F)cc1C(=O)NCc1ccc(-c2nn([C@@H]3CC[C@@H](O)C3)c3ncnc(N)c23)cc1. The van der Waals surface area contributed by atoms with E-state index in [1.165, 1.54) is 25.6 Å². The molecular weight excluding hydrogens is 451 g/mol. The summed E-state index contributed by atoms with van der Waals surface area (Å²) in [6.07, 6.45) is 3.24. The van der Waals surface area contributed by atoms with Crippen LogP contribution in [-0.4, -0.2) is 44.0 Å². The monoisotopic (exact) mass is 476 g/mol. The Balaban J connectivity index is 1.38. The quantitative estimate of drug-likeness (QED) is 0.390. The van der Waals surface area contributed by atoms with Gasteiger partial charge in [-0.05, 0) is 43.0 Å². The van der Waals surface area contributed by atoms with Crippen molar-refractivity contribution in [2.24, 2.45) is 0 Å². The number of ether oxygens (including phenoxy) is 1. The van der Waals surface area contributed by atoms with Gasteiger partial charge in [0.1, 0.15) is 29.4 Å². The second-order valence-corrected chi connectivity index (χ2v) is 8.60. The molecule has 4 aromatic rings. The van der Waals surface area contributed by atoms with Gasteiger partial charge in [0, 0.05) is 12.1 Å². The second kappa shape index (κ2) is 9.30. The number of methoxy groups -OCH3 is 1. The first-order chi connectivity index (χ1) is 16.9. The summed E-state index contributed by atoms with van der Waals surface area (Å²) in [5.41, 5.74) is 9.32. The van der Waals surface area contributed by atoms with E-state index in [1.54, 1.807) is 0 Å². The predicted octanol–water partition coefficient (Wildman–Crippen LogP) is 3.24. The van der Waals surface area contributed by atoms with Crippen LogP contribution in [0.25, 0.3) is 22.3 Å². The first kappa shape index (κ1) is 22.7. The Morgan fingerprint density at radius 3 is 2.74 bits per heavy atom. The maximum absolute atomic E-state index is 13.6. The molecule has 1 saturated carbocycles. The molecule has 1 fully saturated rings. The van der Waals surface area contributed by atoms with E-state index >= 15 is 0 Å². The fourth-order valence-electron chi connectivity index (χ4n) is 4.52. The number of nitrogens with one attached hydrogen (secondary N) is 1. The number of nitrogen functional groups attached to an aromatic ring is 1. The molecule has 0 saturated heterocycles. The summed E-state index contributed by atoms with van der Waals surface area (Å²) in [6.45, 7) is 0.249. The van der Waals surface area contributed by atoms with Crippen LogP contribution in [0.5, 0.6) is 5.75 Å². The largest absolute Gasteiger partial charge is 0.496 e. The lowest BCUT2D eigenvalue weighted by molar-refractivity contribution is 0.0947. The first-order valence-electron chi connectivity index (χ1n) is 11.3. The third kappa shape index (κ3) is 4.40. The molecule has 1 aliphatic rings. The number of hydrogen-bond acceptors (Lipinski definition) is 7. The zero-order valence-electron chi connectivity index (χ0n) is 19.1. The number of amides is 1. The molecule has 1 amide bonds. The lowest BCUT2D eigenvalue weighted by Crippen LogP contribution is -2.23. The molecule has 0 unspecified atom stereocenters. The fourth-order valence-corrected chi connectivity index (χ4v) is 4.52. The average Bonchev–Trinajstić information content (AvgIpc) is 3.47. The van der Waals surface area contributed by atoms with Crippen LogP contribution >= 0.6 is 0 Å². The molecule has 35 heavy (non-hydrogen) atoms. The van der Waals surface area contributed by atoms with Crippen molar-refractivity contribution in [1.29, 1.82) is 0 Å². The topological polar surface area (TPSA) is 128 Å². The van der Waals surface area contributed by atoms with Crippen LogP contribution in [0.15, 0.2) is 48.8 Å². The van der Waals surface area contributed by atoms with Gasteiger partial charge in [-0.25, -0.2) is 19.0 Å². The Bertz CT molecular complexity index is 1390. The summed E-state index contributed by atoms with van der Waals surface area (Å²) in [4.78, 5) is 21.1. The van der Waals surface area contributed by atoms with Crippen molar-refractivity contribution in [1.82, 2.24) is 25.1 Å². The zero-order valence-corrected chi connectivity index (χ0v) is 19.1. The van der Waals surface area contributed by atoms with E-state index in [0.717, 1.165) is 30.0 Å². The number of aliphatic hydroxyl groups is 1. The molecular formula is C25H25FN6O3. The Morgan fingerprint density at radius 1 is 1.23 bits per heavy atom. The van der Waals surface area contributed by atoms with Gasteiger partial charge in [0.25, 0.3) is 5.91 Å². The number of aromatic nitrogens is 4. The van der Waals surface area contributed by atoms with E-state index in [1.807, 2.05) is 28.9 Å². The van der Waals surface area contributed by atoms with E-state index in [9.17, 15) is 14.3 Å². The molecule has 5 rings (SSSR count). The van der Waals surface area contributed by atoms with Gasteiger partial charge < -0.3 is 20.9 Å². The highest BCUT2D eigenvalue weighted by Crippen LogP contribution is 2.36. The maximum Gasteiger partial charge on any atom is 0.255 e. The number of nitrogens with two attached hydrogens (primary N) is 1. The van der Waals surface area contributed by atoms with Crippen molar-refractivity contribution in [2.75, 3.05) is 12.8 Å². The summed E-state index contributed by atoms with van der Waals surface area (Å²) in [5.74, 6) is -0.298. The number of nitrogens with zero attached hydrogens (tertiary/aromatic N) is 4. The minimum Gasteiger partial charge on any atom is -0.496 e. The lowest BCUT2D eigenvalue weighted by atomic mass is 10.1. The van der Waals surface area contributed by atoms with Crippen molar-refractivity contribution in [3.05, 3.63) is 65.7 Å². The molecule has 2 atom stereocenters. The Morgan fingerprint density at radius 2 is 2.03 bits per heavy atom. The number of anilines is 1. The van der Waals surface area contributed by atoms with Gasteiger partial charge in [0.15, 0.2) is 5.65 Å². The van der Waals surface area contributed by atoms with Gasteiger partial charge in [-0.3, -0.25) is 4.79 Å². The molecule has 0 bridgehead atoms. The van der Waals surface area contributed by atoms with Crippen LogP contribution in [0.2, 0.25) is 0 Å². The van der Waals surface area contributed by atoms with Crippen molar-refractivity contribution in [3.8, 4) is 17.0 Å². The number of hydrogen-bond donors (Lipinski definition) is 3. The number of halogens is 1. The molecule has 9 nitrogen and oxygen atoms in total. The van der Waals surface area contributed by atoms with Crippen LogP contribution in [0.1, 0.15) is 41.2 Å². The van der Waals surface area contributed by atoms with Crippen molar-refractivity contribution >= 4 is 22.8 Å². The maximum atomic E-state index is 13.6. The van der Waals surface area contributed by atoms with Gasteiger partial charge in [-0.2, -0.15) is 5.10 Å². The van der Waals surface area contributed by atoms with E-state index in [2.05, 4.69) is 15.3 Å². The highest BCUT2D eigenvalue weighted by molar-refractivity contribution is 5.98. The smallest absolute Gasteiger partial charge is 0.255 e. The fraction of sp³-hybridized carbons (Fsp3) is 0.280. The number of carbonyl (C=O) groups excluding carboxylic acids is 1.